The van der Waals surface area contributed by atoms with Crippen molar-refractivity contribution in [1.82, 2.24) is 19.5 Å². The number of aliphatic hydroxyl groups is 1. The zero-order chi connectivity index (χ0) is 16.4. The minimum Gasteiger partial charge on any atom is -0.394 e. The van der Waals surface area contributed by atoms with Gasteiger partial charge >= 0.3 is 0 Å². The van der Waals surface area contributed by atoms with E-state index in [1.54, 1.807) is 10.9 Å². The Balaban J connectivity index is 1.79. The highest BCUT2D eigenvalue weighted by molar-refractivity contribution is 14.1. The Hall–Kier alpha value is -1.08. The fraction of sp³-hybridized carbons (Fsp3) is 0.615. The first-order chi connectivity index (χ1) is 10.9. The van der Waals surface area contributed by atoms with Gasteiger partial charge in [0.2, 0.25) is 0 Å². The predicted molar refractivity (Wildman–Crippen MR) is 87.3 cm³/mol. The van der Waals surface area contributed by atoms with E-state index in [-0.39, 0.29) is 18.8 Å². The Labute approximate surface area is 145 Å². The van der Waals surface area contributed by atoms with Crippen LogP contribution in [0, 0.1) is 3.83 Å². The van der Waals surface area contributed by atoms with E-state index >= 15 is 0 Å². The van der Waals surface area contributed by atoms with Crippen molar-refractivity contribution in [3.8, 4) is 0 Å². The number of hydrogen-bond donors (Lipinski definition) is 2. The van der Waals surface area contributed by atoms with E-state index < -0.39 is 18.1 Å². The summed E-state index contributed by atoms with van der Waals surface area (Å²) in [5.74, 6) is -0.417. The summed E-state index contributed by atoms with van der Waals surface area (Å²) in [6, 6.07) is 0. The molecule has 9 nitrogen and oxygen atoms in total. The maximum Gasteiger partial charge on any atom is 0.194 e. The molecule has 0 unspecified atom stereocenters. The van der Waals surface area contributed by atoms with Crippen LogP contribution >= 0.6 is 22.6 Å². The average molecular weight is 433 g/mol. The van der Waals surface area contributed by atoms with E-state index in [0.717, 1.165) is 0 Å². The minimum atomic E-state index is -0.733. The molecule has 2 aromatic heterocycles. The third-order valence-corrected chi connectivity index (χ3v) is 4.48. The fourth-order valence-corrected chi connectivity index (χ4v) is 3.62. The summed E-state index contributed by atoms with van der Waals surface area (Å²) in [7, 11) is 0. The number of hydrogen-bond acceptors (Lipinski definition) is 8. The van der Waals surface area contributed by atoms with Crippen LogP contribution in [0.15, 0.2) is 6.33 Å². The van der Waals surface area contributed by atoms with E-state index in [4.69, 9.17) is 19.9 Å². The molecule has 0 amide bonds. The highest BCUT2D eigenvalue weighted by Crippen LogP contribution is 2.43. The second kappa shape index (κ2) is 5.21. The predicted octanol–water partition coefficient (Wildman–Crippen LogP) is 0.423. The summed E-state index contributed by atoms with van der Waals surface area (Å²) in [5, 5.41) is 9.57. The number of aliphatic hydroxyl groups excluding tert-OH is 1. The van der Waals surface area contributed by atoms with E-state index in [1.165, 1.54) is 0 Å². The van der Waals surface area contributed by atoms with Crippen LogP contribution in [-0.4, -0.2) is 55.3 Å². The van der Waals surface area contributed by atoms with Crippen LogP contribution in [0.2, 0.25) is 0 Å². The molecule has 0 spiro atoms. The molecule has 0 aliphatic carbocycles. The Bertz CT molecular complexity index is 766. The van der Waals surface area contributed by atoms with Crippen LogP contribution in [0.25, 0.3) is 11.2 Å². The number of ether oxygens (including phenoxy) is 3. The van der Waals surface area contributed by atoms with Crippen LogP contribution in [-0.2, 0) is 14.2 Å². The number of rotatable bonds is 2. The number of nitrogens with two attached hydrogens (primary N) is 1. The maximum absolute atomic E-state index is 9.57. The molecule has 2 aromatic rings. The van der Waals surface area contributed by atoms with Gasteiger partial charge in [-0.2, -0.15) is 0 Å². The Kier molecular flexibility index (Phi) is 3.50. The normalized spacial score (nSPS) is 32.5. The molecule has 10 heteroatoms. The van der Waals surface area contributed by atoms with Crippen molar-refractivity contribution in [3.05, 3.63) is 10.2 Å². The fourth-order valence-electron chi connectivity index (χ4n) is 3.13. The maximum atomic E-state index is 9.57. The molecule has 4 heterocycles. The minimum absolute atomic E-state index is 0.154. The topological polar surface area (TPSA) is 118 Å². The molecular formula is C13H16IN5O4. The van der Waals surface area contributed by atoms with Gasteiger partial charge in [0.15, 0.2) is 27.3 Å². The van der Waals surface area contributed by atoms with Gasteiger partial charge in [0.05, 0.1) is 12.9 Å². The Morgan fingerprint density at radius 1 is 1.35 bits per heavy atom. The van der Waals surface area contributed by atoms with Crippen LogP contribution in [0.5, 0.6) is 0 Å². The molecular weight excluding hydrogens is 417 g/mol. The number of halogens is 1. The highest BCUT2D eigenvalue weighted by atomic mass is 127. The SMILES string of the molecule is CC1(C)O[C@@H]2[C@H](O1)[C@H](CO)O[C@@H]2n1cnc2c(N)nc(I)nc21. The lowest BCUT2D eigenvalue weighted by molar-refractivity contribution is -0.199. The first kappa shape index (κ1) is 15.4. The van der Waals surface area contributed by atoms with E-state index in [9.17, 15) is 5.11 Å². The van der Waals surface area contributed by atoms with Crippen LogP contribution in [0.4, 0.5) is 5.82 Å². The number of aromatic nitrogens is 4. The number of anilines is 1. The van der Waals surface area contributed by atoms with E-state index in [2.05, 4.69) is 15.0 Å². The smallest absolute Gasteiger partial charge is 0.194 e. The van der Waals surface area contributed by atoms with Crippen molar-refractivity contribution in [1.29, 1.82) is 0 Å². The molecule has 2 aliphatic rings. The van der Waals surface area contributed by atoms with Crippen molar-refractivity contribution < 1.29 is 19.3 Å². The third-order valence-electron chi connectivity index (χ3n) is 4.00. The van der Waals surface area contributed by atoms with E-state index in [1.807, 2.05) is 36.4 Å². The van der Waals surface area contributed by atoms with Crippen molar-refractivity contribution in [2.45, 2.75) is 44.2 Å². The summed E-state index contributed by atoms with van der Waals surface area (Å²) in [4.78, 5) is 12.8. The number of nitrogen functional groups attached to an aromatic ring is 1. The molecule has 2 aliphatic heterocycles. The zero-order valence-electron chi connectivity index (χ0n) is 12.5. The lowest BCUT2D eigenvalue weighted by Gasteiger charge is -2.24. The van der Waals surface area contributed by atoms with E-state index in [0.29, 0.717) is 20.8 Å². The summed E-state index contributed by atoms with van der Waals surface area (Å²) >= 11 is 2.00. The monoisotopic (exact) mass is 433 g/mol. The molecule has 3 N–H and O–H groups in total. The van der Waals surface area contributed by atoms with Gasteiger partial charge in [0, 0.05) is 22.6 Å². The van der Waals surface area contributed by atoms with Gasteiger partial charge in [-0.15, -0.1) is 0 Å². The van der Waals surface area contributed by atoms with Gasteiger partial charge in [0.25, 0.3) is 0 Å². The summed E-state index contributed by atoms with van der Waals surface area (Å²) < 4.78 is 20.0. The second-order valence-corrected chi connectivity index (χ2v) is 6.98. The van der Waals surface area contributed by atoms with Crippen molar-refractivity contribution in [2.75, 3.05) is 12.3 Å². The Morgan fingerprint density at radius 2 is 2.09 bits per heavy atom. The standard InChI is InChI=1S/C13H16IN5O4/c1-13(2)22-7-5(3-20)21-11(8(7)23-13)19-4-16-6-9(15)17-12(14)18-10(6)19/h4-5,7-8,11,20H,3H2,1-2H3,(H2,15,17,18)/t5-,7+,8+,11-/m0/s1. The molecule has 124 valence electrons. The van der Waals surface area contributed by atoms with Gasteiger partial charge in [0.1, 0.15) is 23.8 Å². The van der Waals surface area contributed by atoms with Gasteiger partial charge < -0.3 is 25.1 Å². The molecule has 4 rings (SSSR count). The van der Waals surface area contributed by atoms with Gasteiger partial charge in [-0.3, -0.25) is 4.57 Å². The molecule has 4 atom stereocenters. The molecule has 23 heavy (non-hydrogen) atoms. The van der Waals surface area contributed by atoms with Crippen LogP contribution in [0.3, 0.4) is 0 Å². The van der Waals surface area contributed by atoms with Gasteiger partial charge in [-0.05, 0) is 13.8 Å². The summed E-state index contributed by atoms with van der Waals surface area (Å²) in [5.41, 5.74) is 6.98. The van der Waals surface area contributed by atoms with Gasteiger partial charge in [-0.1, -0.05) is 0 Å². The van der Waals surface area contributed by atoms with Crippen molar-refractivity contribution in [3.63, 3.8) is 0 Å². The molecule has 0 aromatic carbocycles. The lowest BCUT2D eigenvalue weighted by Crippen LogP contribution is -2.31. The molecule has 2 saturated heterocycles. The molecule has 2 fully saturated rings. The second-order valence-electron chi connectivity index (χ2n) is 6.01. The molecule has 0 bridgehead atoms. The zero-order valence-corrected chi connectivity index (χ0v) is 14.7. The summed E-state index contributed by atoms with van der Waals surface area (Å²) in [6.07, 6.45) is -0.0947. The first-order valence-corrected chi connectivity index (χ1v) is 8.25. The van der Waals surface area contributed by atoms with Crippen LogP contribution < -0.4 is 5.73 Å². The number of nitrogens with zero attached hydrogens (tertiary/aromatic N) is 4. The largest absolute Gasteiger partial charge is 0.394 e. The number of fused-ring (bicyclic) bond motifs is 2. The third kappa shape index (κ3) is 2.39. The van der Waals surface area contributed by atoms with Crippen LogP contribution in [0.1, 0.15) is 20.1 Å². The quantitative estimate of drug-likeness (QED) is 0.517. The van der Waals surface area contributed by atoms with Crippen molar-refractivity contribution >= 4 is 39.6 Å². The van der Waals surface area contributed by atoms with Gasteiger partial charge in [-0.25, -0.2) is 15.0 Å². The molecule has 0 radical (unpaired) electrons. The summed E-state index contributed by atoms with van der Waals surface area (Å²) in [6.45, 7) is 3.52. The Morgan fingerprint density at radius 3 is 2.83 bits per heavy atom. The lowest BCUT2D eigenvalue weighted by atomic mass is 10.1. The number of imidazole rings is 1. The highest BCUT2D eigenvalue weighted by Gasteiger charge is 2.55. The first-order valence-electron chi connectivity index (χ1n) is 7.17. The van der Waals surface area contributed by atoms with Crippen molar-refractivity contribution in [2.24, 2.45) is 0 Å². The average Bonchev–Trinajstić information content (AvgIpc) is 3.09. The molecule has 0 saturated carbocycles.